The van der Waals surface area contributed by atoms with Crippen LogP contribution in [-0.2, 0) is 0 Å². The van der Waals surface area contributed by atoms with E-state index >= 15 is 0 Å². The molecule has 0 N–H and O–H groups in total. The van der Waals surface area contributed by atoms with Crippen LogP contribution in [0, 0.1) is 12.8 Å². The molecular weight excluding hydrogens is 338 g/mol. The van der Waals surface area contributed by atoms with Gasteiger partial charge in [0.15, 0.2) is 6.29 Å². The number of carbonyl (C=O) groups is 1. The van der Waals surface area contributed by atoms with E-state index in [-0.39, 0.29) is 0 Å². The predicted molar refractivity (Wildman–Crippen MR) is 104 cm³/mol. The van der Waals surface area contributed by atoms with Gasteiger partial charge >= 0.3 is 0 Å². The summed E-state index contributed by atoms with van der Waals surface area (Å²) < 4.78 is 8.40. The zero-order chi connectivity index (χ0) is 18.6. The molecule has 2 heterocycles. The van der Waals surface area contributed by atoms with Gasteiger partial charge in [-0.05, 0) is 50.8 Å². The smallest absolute Gasteiger partial charge is 0.172 e. The quantitative estimate of drug-likeness (QED) is 0.684. The van der Waals surface area contributed by atoms with Gasteiger partial charge < -0.3 is 4.74 Å². The molecule has 144 valence electrons. The van der Waals surface area contributed by atoms with Gasteiger partial charge in [-0.15, -0.1) is 0 Å². The van der Waals surface area contributed by atoms with Crippen LogP contribution in [-0.4, -0.2) is 27.7 Å². The first-order valence-corrected chi connectivity index (χ1v) is 10.4. The third-order valence-electron chi connectivity index (χ3n) is 6.25. The van der Waals surface area contributed by atoms with E-state index in [0.717, 1.165) is 18.4 Å². The van der Waals surface area contributed by atoms with Crippen LogP contribution < -0.4 is 4.74 Å². The van der Waals surface area contributed by atoms with Crippen LogP contribution in [0.4, 0.5) is 0 Å². The number of rotatable bonds is 6. The minimum absolute atomic E-state index is 0.401. The van der Waals surface area contributed by atoms with E-state index in [1.807, 2.05) is 25.3 Å². The Labute approximate surface area is 161 Å². The zero-order valence-corrected chi connectivity index (χ0v) is 16.1. The molecule has 2 fully saturated rings. The molecule has 0 saturated heterocycles. The van der Waals surface area contributed by atoms with Gasteiger partial charge in [-0.2, -0.15) is 5.10 Å². The van der Waals surface area contributed by atoms with Gasteiger partial charge in [0.25, 0.3) is 0 Å². The highest BCUT2D eigenvalue weighted by atomic mass is 16.5. The monoisotopic (exact) mass is 367 g/mol. The molecule has 0 aliphatic heterocycles. The number of carbonyl (C=O) groups excluding carboxylic acids is 1. The van der Waals surface area contributed by atoms with Gasteiger partial charge in [-0.3, -0.25) is 9.48 Å². The van der Waals surface area contributed by atoms with E-state index < -0.39 is 0 Å². The Balaban J connectivity index is 1.50. The third kappa shape index (κ3) is 3.92. The first kappa shape index (κ1) is 18.2. The molecule has 0 spiro atoms. The van der Waals surface area contributed by atoms with Gasteiger partial charge in [-0.25, -0.2) is 4.98 Å². The van der Waals surface area contributed by atoms with Crippen LogP contribution in [0.5, 0.6) is 5.75 Å². The van der Waals surface area contributed by atoms with E-state index in [1.54, 1.807) is 0 Å². The summed E-state index contributed by atoms with van der Waals surface area (Å²) in [4.78, 5) is 15.6. The van der Waals surface area contributed by atoms with E-state index in [1.165, 1.54) is 50.6 Å². The van der Waals surface area contributed by atoms with Crippen molar-refractivity contribution in [2.75, 3.05) is 6.61 Å². The van der Waals surface area contributed by atoms with Crippen molar-refractivity contribution >= 4 is 6.29 Å². The van der Waals surface area contributed by atoms with E-state index in [4.69, 9.17) is 4.74 Å². The molecule has 2 aromatic heterocycles. The molecule has 5 nitrogen and oxygen atoms in total. The van der Waals surface area contributed by atoms with Crippen molar-refractivity contribution in [3.05, 3.63) is 41.5 Å². The van der Waals surface area contributed by atoms with Crippen molar-refractivity contribution in [2.45, 2.75) is 70.3 Å². The number of nitrogens with zero attached hydrogens (tertiary/aromatic N) is 3. The van der Waals surface area contributed by atoms with Gasteiger partial charge in [0.05, 0.1) is 12.6 Å². The summed E-state index contributed by atoms with van der Waals surface area (Å²) in [5.74, 6) is 1.54. The summed E-state index contributed by atoms with van der Waals surface area (Å²) in [6.45, 7) is 2.52. The summed E-state index contributed by atoms with van der Waals surface area (Å²) in [6.07, 6.45) is 12.8. The second kappa shape index (κ2) is 8.24. The molecule has 0 aromatic carbocycles. The lowest BCUT2D eigenvalue weighted by Gasteiger charge is -2.32. The summed E-state index contributed by atoms with van der Waals surface area (Å²) in [5.41, 5.74) is 2.62. The molecule has 0 bridgehead atoms. The summed E-state index contributed by atoms with van der Waals surface area (Å²) in [6, 6.07) is 6.55. The molecule has 2 unspecified atom stereocenters. The van der Waals surface area contributed by atoms with Crippen molar-refractivity contribution in [2.24, 2.45) is 5.92 Å². The molecular formula is C22H29N3O2. The molecule has 2 atom stereocenters. The van der Waals surface area contributed by atoms with Gasteiger partial charge in [0, 0.05) is 29.4 Å². The lowest BCUT2D eigenvalue weighted by atomic mass is 9.77. The molecule has 2 aliphatic carbocycles. The fraction of sp³-hybridized carbons (Fsp3) is 0.591. The third-order valence-corrected chi connectivity index (χ3v) is 6.25. The molecule has 0 amide bonds. The fourth-order valence-electron chi connectivity index (χ4n) is 4.84. The molecule has 27 heavy (non-hydrogen) atoms. The predicted octanol–water partition coefficient (Wildman–Crippen LogP) is 4.87. The Hall–Kier alpha value is -2.17. The van der Waals surface area contributed by atoms with Gasteiger partial charge in [-0.1, -0.05) is 25.7 Å². The Morgan fingerprint density at radius 3 is 2.70 bits per heavy atom. The maximum atomic E-state index is 11.3. The van der Waals surface area contributed by atoms with Crippen LogP contribution in [0.2, 0.25) is 0 Å². The number of aldehydes is 1. The molecule has 4 rings (SSSR count). The summed E-state index contributed by atoms with van der Waals surface area (Å²) in [7, 11) is 0. The number of aromatic nitrogens is 3. The number of ether oxygens (including phenoxy) is 1. The Morgan fingerprint density at radius 2 is 1.89 bits per heavy atom. The van der Waals surface area contributed by atoms with E-state index in [0.29, 0.717) is 35.9 Å². The Morgan fingerprint density at radius 1 is 1.11 bits per heavy atom. The van der Waals surface area contributed by atoms with Crippen molar-refractivity contribution in [1.82, 2.24) is 14.8 Å². The first-order chi connectivity index (χ1) is 13.3. The van der Waals surface area contributed by atoms with Crippen LogP contribution >= 0.6 is 0 Å². The topological polar surface area (TPSA) is 57.0 Å². The highest BCUT2D eigenvalue weighted by Crippen LogP contribution is 2.40. The zero-order valence-electron chi connectivity index (χ0n) is 16.1. The molecule has 5 heteroatoms. The minimum atomic E-state index is 0.401. The fourth-order valence-corrected chi connectivity index (χ4v) is 4.84. The van der Waals surface area contributed by atoms with Crippen molar-refractivity contribution in [3.8, 4) is 5.75 Å². The first-order valence-electron chi connectivity index (χ1n) is 10.4. The number of aryl methyl sites for hydroxylation is 1. The second-order valence-corrected chi connectivity index (χ2v) is 8.05. The Bertz CT molecular complexity index is 780. The minimum Gasteiger partial charge on any atom is -0.491 e. The maximum Gasteiger partial charge on any atom is 0.172 e. The normalized spacial score (nSPS) is 23.4. The molecule has 2 aliphatic rings. The maximum absolute atomic E-state index is 11.3. The van der Waals surface area contributed by atoms with Crippen LogP contribution in [0.3, 0.4) is 0 Å². The largest absolute Gasteiger partial charge is 0.491 e. The number of pyridine rings is 1. The lowest BCUT2D eigenvalue weighted by Crippen LogP contribution is -2.27. The lowest BCUT2D eigenvalue weighted by molar-refractivity contribution is 0.111. The SMILES string of the molecule is Cc1ccc(OCC2CCCCC2c2ccnn2C2CCCC2)c(C=O)n1. The van der Waals surface area contributed by atoms with Crippen molar-refractivity contribution in [3.63, 3.8) is 0 Å². The van der Waals surface area contributed by atoms with Gasteiger partial charge in [0.2, 0.25) is 0 Å². The average Bonchev–Trinajstić information content (AvgIpc) is 3.38. The highest BCUT2D eigenvalue weighted by Gasteiger charge is 2.31. The van der Waals surface area contributed by atoms with Crippen molar-refractivity contribution in [1.29, 1.82) is 0 Å². The average molecular weight is 367 g/mol. The molecule has 2 saturated carbocycles. The van der Waals surface area contributed by atoms with Gasteiger partial charge in [0.1, 0.15) is 11.4 Å². The molecule has 2 aromatic rings. The van der Waals surface area contributed by atoms with Crippen LogP contribution in [0.25, 0.3) is 0 Å². The standard InChI is InChI=1S/C22H29N3O2/c1-16-10-11-22(20(14-26)24-16)27-15-17-6-2-5-9-19(17)21-12-13-23-25(21)18-7-3-4-8-18/h10-14,17-19H,2-9,15H2,1H3. The summed E-state index contributed by atoms with van der Waals surface area (Å²) in [5, 5.41) is 4.68. The van der Waals surface area contributed by atoms with E-state index in [9.17, 15) is 4.79 Å². The summed E-state index contributed by atoms with van der Waals surface area (Å²) >= 11 is 0. The van der Waals surface area contributed by atoms with Crippen molar-refractivity contribution < 1.29 is 9.53 Å². The highest BCUT2D eigenvalue weighted by molar-refractivity contribution is 5.76. The Kier molecular flexibility index (Phi) is 5.55. The van der Waals surface area contributed by atoms with Crippen LogP contribution in [0.1, 0.15) is 85.2 Å². The number of hydrogen-bond donors (Lipinski definition) is 0. The number of hydrogen-bond acceptors (Lipinski definition) is 4. The van der Waals surface area contributed by atoms with E-state index in [2.05, 4.69) is 20.8 Å². The second-order valence-electron chi connectivity index (χ2n) is 8.05. The van der Waals surface area contributed by atoms with Crippen LogP contribution in [0.15, 0.2) is 24.4 Å². The molecule has 0 radical (unpaired) electrons.